The molecule has 1 nitrogen and oxygen atoms in total. The molecular weight excluding hydrogens is 256 g/mol. The summed E-state index contributed by atoms with van der Waals surface area (Å²) in [6, 6.07) is 0. The Hall–Kier alpha value is -1.29. The van der Waals surface area contributed by atoms with Crippen molar-refractivity contribution in [2.75, 3.05) is 0 Å². The number of rotatable bonds is 13. The summed E-state index contributed by atoms with van der Waals surface area (Å²) in [6.45, 7) is 2.18. The normalized spacial score (nSPS) is 10.9. The first-order chi connectivity index (χ1) is 10.4. The third-order valence-corrected chi connectivity index (χ3v) is 3.36. The van der Waals surface area contributed by atoms with E-state index in [1.807, 2.05) is 6.08 Å². The molecular formula is C20H32O. The van der Waals surface area contributed by atoms with Crippen LogP contribution in [0, 0.1) is 11.8 Å². The van der Waals surface area contributed by atoms with Crippen molar-refractivity contribution in [1.29, 1.82) is 0 Å². The number of unbranched alkanes of at least 4 members (excludes halogenated alkanes) is 10. The van der Waals surface area contributed by atoms with Crippen molar-refractivity contribution in [2.45, 2.75) is 84.0 Å². The summed E-state index contributed by atoms with van der Waals surface area (Å²) in [6.07, 6.45) is 23.3. The van der Waals surface area contributed by atoms with Gasteiger partial charge in [0.05, 0.1) is 0 Å². The van der Waals surface area contributed by atoms with Gasteiger partial charge in [-0.05, 0) is 31.8 Å². The van der Waals surface area contributed by atoms with E-state index in [9.17, 15) is 4.79 Å². The SMILES string of the molecule is CCCC#CCCCCCCCCCC/C=C/C=C\C=O. The summed E-state index contributed by atoms with van der Waals surface area (Å²) >= 11 is 0. The molecule has 0 aromatic rings. The van der Waals surface area contributed by atoms with Crippen molar-refractivity contribution in [3.63, 3.8) is 0 Å². The van der Waals surface area contributed by atoms with Crippen LogP contribution in [-0.4, -0.2) is 6.29 Å². The maximum absolute atomic E-state index is 10.0. The molecule has 0 aliphatic rings. The van der Waals surface area contributed by atoms with Gasteiger partial charge in [-0.15, -0.1) is 11.8 Å². The zero-order valence-corrected chi connectivity index (χ0v) is 13.8. The van der Waals surface area contributed by atoms with Crippen LogP contribution in [0.5, 0.6) is 0 Å². The summed E-state index contributed by atoms with van der Waals surface area (Å²) in [5.74, 6) is 6.45. The van der Waals surface area contributed by atoms with Crippen LogP contribution in [-0.2, 0) is 4.79 Å². The number of carbonyl (C=O) groups is 1. The average Bonchev–Trinajstić information content (AvgIpc) is 2.50. The van der Waals surface area contributed by atoms with E-state index in [1.54, 1.807) is 6.08 Å². The zero-order chi connectivity index (χ0) is 15.4. The second-order valence-corrected chi connectivity index (χ2v) is 5.42. The Kier molecular flexibility index (Phi) is 17.6. The minimum atomic E-state index is 0.808. The molecule has 0 rings (SSSR count). The summed E-state index contributed by atoms with van der Waals surface area (Å²) < 4.78 is 0. The Balaban J connectivity index is 3.12. The van der Waals surface area contributed by atoms with Crippen molar-refractivity contribution in [3.05, 3.63) is 24.3 Å². The van der Waals surface area contributed by atoms with Crippen molar-refractivity contribution in [2.24, 2.45) is 0 Å². The lowest BCUT2D eigenvalue weighted by molar-refractivity contribution is -0.104. The monoisotopic (exact) mass is 288 g/mol. The summed E-state index contributed by atoms with van der Waals surface area (Å²) in [4.78, 5) is 10.0. The van der Waals surface area contributed by atoms with Crippen molar-refractivity contribution >= 4 is 6.29 Å². The van der Waals surface area contributed by atoms with Crippen LogP contribution in [0.4, 0.5) is 0 Å². The Morgan fingerprint density at radius 2 is 1.33 bits per heavy atom. The molecule has 1 heteroatoms. The van der Waals surface area contributed by atoms with E-state index in [0.717, 1.165) is 25.5 Å². The van der Waals surface area contributed by atoms with Crippen LogP contribution in [0.2, 0.25) is 0 Å². The molecule has 118 valence electrons. The third-order valence-electron chi connectivity index (χ3n) is 3.36. The molecule has 0 fully saturated rings. The standard InChI is InChI=1S/C20H32O/c1-2-3-4-5-6-7-8-9-10-11-12-13-14-15-16-17-18-19-20-21/h16-20H,2-3,6-15H2,1H3/b17-16+,19-18-. The number of aldehydes is 1. The van der Waals surface area contributed by atoms with Gasteiger partial charge in [0.25, 0.3) is 0 Å². The fraction of sp³-hybridized carbons (Fsp3) is 0.650. The molecule has 0 saturated heterocycles. The molecule has 0 N–H and O–H groups in total. The highest BCUT2D eigenvalue weighted by Crippen LogP contribution is 2.10. The lowest BCUT2D eigenvalue weighted by Crippen LogP contribution is -1.81. The molecule has 0 saturated carbocycles. The van der Waals surface area contributed by atoms with Crippen LogP contribution in [0.3, 0.4) is 0 Å². The van der Waals surface area contributed by atoms with E-state index in [4.69, 9.17) is 0 Å². The van der Waals surface area contributed by atoms with E-state index >= 15 is 0 Å². The largest absolute Gasteiger partial charge is 0.299 e. The van der Waals surface area contributed by atoms with E-state index in [-0.39, 0.29) is 0 Å². The molecule has 0 aliphatic heterocycles. The average molecular weight is 288 g/mol. The lowest BCUT2D eigenvalue weighted by Gasteiger charge is -2.00. The topological polar surface area (TPSA) is 17.1 Å². The summed E-state index contributed by atoms with van der Waals surface area (Å²) in [7, 11) is 0. The molecule has 0 bridgehead atoms. The highest BCUT2D eigenvalue weighted by atomic mass is 16.1. The van der Waals surface area contributed by atoms with Crippen LogP contribution < -0.4 is 0 Å². The smallest absolute Gasteiger partial charge is 0.142 e. The van der Waals surface area contributed by atoms with E-state index in [0.29, 0.717) is 0 Å². The molecule has 0 radical (unpaired) electrons. The Morgan fingerprint density at radius 1 is 0.714 bits per heavy atom. The van der Waals surface area contributed by atoms with Crippen LogP contribution in [0.1, 0.15) is 84.0 Å². The lowest BCUT2D eigenvalue weighted by atomic mass is 10.1. The first kappa shape index (κ1) is 19.7. The molecule has 21 heavy (non-hydrogen) atoms. The minimum Gasteiger partial charge on any atom is -0.299 e. The summed E-state index contributed by atoms with van der Waals surface area (Å²) in [5, 5.41) is 0. The highest BCUT2D eigenvalue weighted by Gasteiger charge is 1.91. The van der Waals surface area contributed by atoms with E-state index < -0.39 is 0 Å². The van der Waals surface area contributed by atoms with Gasteiger partial charge >= 0.3 is 0 Å². The quantitative estimate of drug-likeness (QED) is 0.133. The fourth-order valence-corrected chi connectivity index (χ4v) is 2.12. The molecule has 0 amide bonds. The van der Waals surface area contributed by atoms with Crippen LogP contribution >= 0.6 is 0 Å². The molecule has 0 aliphatic carbocycles. The van der Waals surface area contributed by atoms with Gasteiger partial charge in [0.1, 0.15) is 6.29 Å². The van der Waals surface area contributed by atoms with E-state index in [2.05, 4.69) is 24.8 Å². The first-order valence-corrected chi connectivity index (χ1v) is 8.64. The predicted octanol–water partition coefficient (Wildman–Crippen LogP) is 6.00. The maximum Gasteiger partial charge on any atom is 0.142 e. The molecule has 0 spiro atoms. The van der Waals surface area contributed by atoms with Gasteiger partial charge in [-0.3, -0.25) is 4.79 Å². The Bertz CT molecular complexity index is 327. The summed E-state index contributed by atoms with van der Waals surface area (Å²) in [5.41, 5.74) is 0. The zero-order valence-electron chi connectivity index (χ0n) is 13.8. The Morgan fingerprint density at radius 3 is 2.00 bits per heavy atom. The molecule has 0 aromatic heterocycles. The van der Waals surface area contributed by atoms with Gasteiger partial charge < -0.3 is 0 Å². The van der Waals surface area contributed by atoms with Gasteiger partial charge in [-0.1, -0.05) is 63.7 Å². The maximum atomic E-state index is 10.0. The molecule has 0 heterocycles. The van der Waals surface area contributed by atoms with Crippen molar-refractivity contribution in [3.8, 4) is 11.8 Å². The number of hydrogen-bond donors (Lipinski definition) is 0. The van der Waals surface area contributed by atoms with Crippen molar-refractivity contribution in [1.82, 2.24) is 0 Å². The van der Waals surface area contributed by atoms with Gasteiger partial charge in [0.2, 0.25) is 0 Å². The molecule has 0 atom stereocenters. The fourth-order valence-electron chi connectivity index (χ4n) is 2.12. The molecule has 0 aromatic carbocycles. The Labute approximate surface area is 131 Å². The third kappa shape index (κ3) is 18.7. The van der Waals surface area contributed by atoms with E-state index in [1.165, 1.54) is 63.9 Å². The van der Waals surface area contributed by atoms with Crippen LogP contribution in [0.25, 0.3) is 0 Å². The van der Waals surface area contributed by atoms with Gasteiger partial charge in [0.15, 0.2) is 0 Å². The number of hydrogen-bond acceptors (Lipinski definition) is 1. The number of allylic oxidation sites excluding steroid dienone is 4. The van der Waals surface area contributed by atoms with Gasteiger partial charge in [0, 0.05) is 12.8 Å². The van der Waals surface area contributed by atoms with Crippen molar-refractivity contribution < 1.29 is 4.79 Å². The predicted molar refractivity (Wildman–Crippen MR) is 93.2 cm³/mol. The van der Waals surface area contributed by atoms with Crippen LogP contribution in [0.15, 0.2) is 24.3 Å². The van der Waals surface area contributed by atoms with Gasteiger partial charge in [-0.25, -0.2) is 0 Å². The number of carbonyl (C=O) groups excluding carboxylic acids is 1. The highest BCUT2D eigenvalue weighted by molar-refractivity contribution is 5.65. The second-order valence-electron chi connectivity index (χ2n) is 5.42. The minimum absolute atomic E-state index is 0.808. The van der Waals surface area contributed by atoms with Gasteiger partial charge in [-0.2, -0.15) is 0 Å². The second kappa shape index (κ2) is 18.7. The first-order valence-electron chi connectivity index (χ1n) is 8.64. The molecule has 0 unspecified atom stereocenters.